The van der Waals surface area contributed by atoms with Crippen LogP contribution in [0.3, 0.4) is 0 Å². The van der Waals surface area contributed by atoms with Gasteiger partial charge in [-0.05, 0) is 44.2 Å². The number of aromatic nitrogens is 2. The maximum atomic E-state index is 13.1. The predicted octanol–water partition coefficient (Wildman–Crippen LogP) is 4.76. The Hall–Kier alpha value is -4.66. The van der Waals surface area contributed by atoms with Gasteiger partial charge in [0.15, 0.2) is 11.9 Å². The maximum Gasteiger partial charge on any atom is 0.344 e. The van der Waals surface area contributed by atoms with E-state index in [1.807, 2.05) is 37.3 Å². The van der Waals surface area contributed by atoms with Crippen LogP contribution in [0, 0.1) is 6.92 Å². The van der Waals surface area contributed by atoms with Crippen molar-refractivity contribution < 1.29 is 33.3 Å². The Morgan fingerprint density at radius 2 is 1.86 bits per heavy atom. The molecule has 0 unspecified atom stereocenters. The molecule has 9 nitrogen and oxygen atoms in total. The number of oxazole rings is 1. The van der Waals surface area contributed by atoms with Crippen LogP contribution in [0.5, 0.6) is 17.4 Å². The molecule has 0 fully saturated rings. The molecule has 0 spiro atoms. The van der Waals surface area contributed by atoms with Crippen LogP contribution in [0.15, 0.2) is 71.3 Å². The SMILES string of the molecule is COc1ccc(C(=O)c2ccc(OCCc3nc(-c4ccccc4)oc3C)nc2)c(O[C@H](C)C(=O)O)c1. The molecule has 190 valence electrons. The largest absolute Gasteiger partial charge is 0.497 e. The van der Waals surface area contributed by atoms with Crippen molar-refractivity contribution in [3.05, 3.63) is 89.4 Å². The van der Waals surface area contributed by atoms with E-state index in [-0.39, 0.29) is 17.1 Å². The molecule has 37 heavy (non-hydrogen) atoms. The quantitative estimate of drug-likeness (QED) is 0.289. The van der Waals surface area contributed by atoms with E-state index in [1.165, 1.54) is 32.4 Å². The number of carboxylic acids is 1. The van der Waals surface area contributed by atoms with Gasteiger partial charge in [0, 0.05) is 35.9 Å². The van der Waals surface area contributed by atoms with Crippen molar-refractivity contribution in [1.82, 2.24) is 9.97 Å². The van der Waals surface area contributed by atoms with Crippen molar-refractivity contribution in [3.63, 3.8) is 0 Å². The lowest BCUT2D eigenvalue weighted by Gasteiger charge is -2.15. The highest BCUT2D eigenvalue weighted by atomic mass is 16.5. The lowest BCUT2D eigenvalue weighted by Crippen LogP contribution is -2.24. The van der Waals surface area contributed by atoms with Crippen molar-refractivity contribution >= 4 is 11.8 Å². The van der Waals surface area contributed by atoms with Crippen LogP contribution >= 0.6 is 0 Å². The lowest BCUT2D eigenvalue weighted by molar-refractivity contribution is -0.144. The van der Waals surface area contributed by atoms with Crippen LogP contribution in [0.1, 0.15) is 34.3 Å². The summed E-state index contributed by atoms with van der Waals surface area (Å²) in [5.74, 6) is 0.663. The summed E-state index contributed by atoms with van der Waals surface area (Å²) in [4.78, 5) is 33.2. The van der Waals surface area contributed by atoms with E-state index < -0.39 is 12.1 Å². The van der Waals surface area contributed by atoms with Gasteiger partial charge < -0.3 is 23.7 Å². The number of carbonyl (C=O) groups excluding carboxylic acids is 1. The van der Waals surface area contributed by atoms with Crippen molar-refractivity contribution in [3.8, 4) is 28.8 Å². The van der Waals surface area contributed by atoms with Crippen molar-refractivity contribution in [2.45, 2.75) is 26.4 Å². The second-order valence-corrected chi connectivity index (χ2v) is 8.16. The predicted molar refractivity (Wildman–Crippen MR) is 134 cm³/mol. The van der Waals surface area contributed by atoms with Gasteiger partial charge >= 0.3 is 5.97 Å². The van der Waals surface area contributed by atoms with E-state index in [2.05, 4.69) is 9.97 Å². The number of carbonyl (C=O) groups is 2. The normalized spacial score (nSPS) is 11.5. The number of carboxylic acid groups (broad SMARTS) is 1. The van der Waals surface area contributed by atoms with Gasteiger partial charge in [-0.2, -0.15) is 0 Å². The highest BCUT2D eigenvalue weighted by molar-refractivity contribution is 6.10. The summed E-state index contributed by atoms with van der Waals surface area (Å²) in [6, 6.07) is 17.5. The van der Waals surface area contributed by atoms with Crippen molar-refractivity contribution in [2.24, 2.45) is 0 Å². The molecular formula is C28H26N2O7. The Morgan fingerprint density at radius 1 is 1.08 bits per heavy atom. The van der Waals surface area contributed by atoms with Crippen LogP contribution < -0.4 is 14.2 Å². The van der Waals surface area contributed by atoms with Gasteiger partial charge in [0.05, 0.1) is 25.0 Å². The van der Waals surface area contributed by atoms with Gasteiger partial charge in [0.25, 0.3) is 0 Å². The average molecular weight is 503 g/mol. The third-order valence-electron chi connectivity index (χ3n) is 5.59. The monoisotopic (exact) mass is 502 g/mol. The Kier molecular flexibility index (Phi) is 7.83. The Labute approximate surface area is 213 Å². The first-order valence-electron chi connectivity index (χ1n) is 11.6. The molecule has 0 saturated carbocycles. The first-order chi connectivity index (χ1) is 17.9. The van der Waals surface area contributed by atoms with Crippen molar-refractivity contribution in [1.29, 1.82) is 0 Å². The van der Waals surface area contributed by atoms with Crippen LogP contribution in [0.4, 0.5) is 0 Å². The highest BCUT2D eigenvalue weighted by Crippen LogP contribution is 2.28. The van der Waals surface area contributed by atoms with Crippen LogP contribution in [-0.2, 0) is 11.2 Å². The van der Waals surface area contributed by atoms with Gasteiger partial charge in [-0.1, -0.05) is 18.2 Å². The van der Waals surface area contributed by atoms with Gasteiger partial charge in [-0.3, -0.25) is 4.79 Å². The minimum Gasteiger partial charge on any atom is -0.497 e. The molecule has 4 aromatic rings. The zero-order chi connectivity index (χ0) is 26.4. The standard InChI is InChI=1S/C28H26N2O7/c1-17-23(30-27(37-17)19-7-5-4-6-8-19)13-14-35-25-12-9-20(16-29-25)26(31)22-11-10-21(34-3)15-24(22)36-18(2)28(32)33/h4-12,15-16,18H,13-14H2,1-3H3,(H,32,33)/t18-/m1/s1. The summed E-state index contributed by atoms with van der Waals surface area (Å²) in [6.07, 6.45) is 0.782. The third-order valence-corrected chi connectivity index (χ3v) is 5.59. The number of aliphatic carboxylic acids is 1. The van der Waals surface area contributed by atoms with E-state index in [9.17, 15) is 14.7 Å². The van der Waals surface area contributed by atoms with Crippen LogP contribution in [-0.4, -0.2) is 46.6 Å². The maximum absolute atomic E-state index is 13.1. The molecule has 2 heterocycles. The topological polar surface area (TPSA) is 121 Å². The fourth-order valence-corrected chi connectivity index (χ4v) is 3.53. The van der Waals surface area contributed by atoms with Gasteiger partial charge in [-0.25, -0.2) is 14.8 Å². The number of ether oxygens (including phenoxy) is 3. The molecule has 1 atom stereocenters. The minimum absolute atomic E-state index is 0.109. The summed E-state index contributed by atoms with van der Waals surface area (Å²) in [5, 5.41) is 9.18. The van der Waals surface area contributed by atoms with E-state index in [1.54, 1.807) is 18.2 Å². The van der Waals surface area contributed by atoms with E-state index in [0.29, 0.717) is 36.1 Å². The zero-order valence-corrected chi connectivity index (χ0v) is 20.6. The van der Waals surface area contributed by atoms with Crippen LogP contribution in [0.2, 0.25) is 0 Å². The second kappa shape index (κ2) is 11.4. The fraction of sp³-hybridized carbons (Fsp3) is 0.214. The van der Waals surface area contributed by atoms with Gasteiger partial charge in [0.2, 0.25) is 11.8 Å². The molecule has 0 radical (unpaired) electrons. The average Bonchev–Trinajstić information content (AvgIpc) is 3.29. The summed E-state index contributed by atoms with van der Waals surface area (Å²) in [7, 11) is 1.47. The highest BCUT2D eigenvalue weighted by Gasteiger charge is 2.21. The number of nitrogens with zero attached hydrogens (tertiary/aromatic N) is 2. The summed E-state index contributed by atoms with van der Waals surface area (Å²) in [6.45, 7) is 3.57. The number of benzene rings is 2. The molecule has 0 saturated heterocycles. The molecule has 0 amide bonds. The number of pyridine rings is 1. The summed E-state index contributed by atoms with van der Waals surface area (Å²) < 4.78 is 22.2. The molecule has 2 aromatic heterocycles. The summed E-state index contributed by atoms with van der Waals surface area (Å²) in [5.41, 5.74) is 2.20. The molecule has 0 bridgehead atoms. The number of hydrogen-bond donors (Lipinski definition) is 1. The lowest BCUT2D eigenvalue weighted by atomic mass is 10.0. The zero-order valence-electron chi connectivity index (χ0n) is 20.6. The van der Waals surface area contributed by atoms with Gasteiger partial charge in [-0.15, -0.1) is 0 Å². The molecule has 9 heteroatoms. The van der Waals surface area contributed by atoms with E-state index in [0.717, 1.165) is 17.0 Å². The molecule has 0 aliphatic carbocycles. The number of hydrogen-bond acceptors (Lipinski definition) is 8. The Morgan fingerprint density at radius 3 is 2.54 bits per heavy atom. The van der Waals surface area contributed by atoms with E-state index in [4.69, 9.17) is 18.6 Å². The Balaban J connectivity index is 1.41. The second-order valence-electron chi connectivity index (χ2n) is 8.16. The van der Waals surface area contributed by atoms with Crippen molar-refractivity contribution in [2.75, 3.05) is 13.7 Å². The minimum atomic E-state index is -1.15. The smallest absolute Gasteiger partial charge is 0.344 e. The molecule has 1 N–H and O–H groups in total. The number of rotatable bonds is 11. The number of ketones is 1. The van der Waals surface area contributed by atoms with Crippen LogP contribution in [0.25, 0.3) is 11.5 Å². The first-order valence-corrected chi connectivity index (χ1v) is 11.6. The Bertz CT molecular complexity index is 1380. The number of methoxy groups -OCH3 is 1. The molecule has 0 aliphatic rings. The third kappa shape index (κ3) is 6.13. The fourth-order valence-electron chi connectivity index (χ4n) is 3.53. The molecule has 0 aliphatic heterocycles. The summed E-state index contributed by atoms with van der Waals surface area (Å²) >= 11 is 0. The van der Waals surface area contributed by atoms with Gasteiger partial charge in [0.1, 0.15) is 17.3 Å². The number of aryl methyl sites for hydroxylation is 1. The molecule has 2 aromatic carbocycles. The first kappa shape index (κ1) is 25.4. The molecular weight excluding hydrogens is 476 g/mol. The molecule has 4 rings (SSSR count). The van der Waals surface area contributed by atoms with E-state index >= 15 is 0 Å².